The lowest BCUT2D eigenvalue weighted by Crippen LogP contribution is -2.24. The summed E-state index contributed by atoms with van der Waals surface area (Å²) in [4.78, 5) is 32.5. The van der Waals surface area contributed by atoms with Crippen LogP contribution in [-0.4, -0.2) is 54.0 Å². The highest BCUT2D eigenvalue weighted by Crippen LogP contribution is 2.42. The van der Waals surface area contributed by atoms with Crippen molar-refractivity contribution in [1.29, 1.82) is 0 Å². The van der Waals surface area contributed by atoms with Crippen molar-refractivity contribution in [2.45, 2.75) is 19.3 Å². The van der Waals surface area contributed by atoms with Crippen molar-refractivity contribution < 1.29 is 29.0 Å². The largest absolute Gasteiger partial charge is 0.495 e. The van der Waals surface area contributed by atoms with Crippen molar-refractivity contribution in [3.63, 3.8) is 0 Å². The third-order valence-electron chi connectivity index (χ3n) is 4.39. The molecule has 2 heterocycles. The van der Waals surface area contributed by atoms with Gasteiger partial charge in [-0.05, 0) is 24.6 Å². The lowest BCUT2D eigenvalue weighted by Gasteiger charge is -2.27. The number of aromatic nitrogens is 2. The first-order valence-electron chi connectivity index (χ1n) is 8.73. The molecule has 3 rings (SSSR count). The van der Waals surface area contributed by atoms with Crippen molar-refractivity contribution in [1.82, 2.24) is 9.78 Å². The number of benzene rings is 1. The summed E-state index contributed by atoms with van der Waals surface area (Å²) in [5.74, 6) is 0.0265. The Labute approximate surface area is 167 Å². The molecular weight excluding hydrogens is 380 g/mol. The number of fused-ring (bicyclic) bond motifs is 1. The first-order valence-corrected chi connectivity index (χ1v) is 8.73. The molecule has 156 valence electrons. The highest BCUT2D eigenvalue weighted by molar-refractivity contribution is 5.99. The fourth-order valence-corrected chi connectivity index (χ4v) is 3.31. The highest BCUT2D eigenvalue weighted by atomic mass is 16.5. The zero-order chi connectivity index (χ0) is 21.6. The molecule has 0 radical (unpaired) electrons. The van der Waals surface area contributed by atoms with E-state index in [1.54, 1.807) is 17.9 Å². The molecule has 0 aliphatic carbocycles. The lowest BCUT2D eigenvalue weighted by molar-refractivity contribution is -0.123. The van der Waals surface area contributed by atoms with Gasteiger partial charge in [0.1, 0.15) is 12.4 Å². The van der Waals surface area contributed by atoms with Crippen LogP contribution in [0, 0.1) is 6.92 Å². The number of amides is 2. The monoisotopic (exact) mass is 404 g/mol. The Bertz CT molecular complexity index is 908. The van der Waals surface area contributed by atoms with Crippen LogP contribution in [0.5, 0.6) is 5.75 Å². The van der Waals surface area contributed by atoms with Crippen LogP contribution < -0.4 is 15.4 Å². The van der Waals surface area contributed by atoms with Crippen molar-refractivity contribution in [2.75, 3.05) is 31.5 Å². The normalized spacial score (nSPS) is 14.8. The number of aryl methyl sites for hydroxylation is 2. The Balaban J connectivity index is 0.000000941. The van der Waals surface area contributed by atoms with Gasteiger partial charge in [-0.3, -0.25) is 19.1 Å². The van der Waals surface area contributed by atoms with Crippen LogP contribution in [0.3, 0.4) is 0 Å². The van der Waals surface area contributed by atoms with Crippen molar-refractivity contribution in [3.8, 4) is 5.75 Å². The van der Waals surface area contributed by atoms with Crippen LogP contribution in [0.15, 0.2) is 18.3 Å². The minimum Gasteiger partial charge on any atom is -0.495 e. The minimum atomic E-state index is -0.299. The molecule has 1 aromatic carbocycles. The minimum absolute atomic E-state index is 0.0654. The van der Waals surface area contributed by atoms with E-state index in [1.165, 1.54) is 7.11 Å². The van der Waals surface area contributed by atoms with Gasteiger partial charge in [-0.25, -0.2) is 0 Å². The topological polar surface area (TPSA) is 132 Å². The molecule has 0 saturated heterocycles. The summed E-state index contributed by atoms with van der Waals surface area (Å²) >= 11 is 0. The smallest absolute Gasteiger partial charge is 0.290 e. The fraction of sp³-hybridized carbons (Fsp3) is 0.368. The van der Waals surface area contributed by atoms with Gasteiger partial charge in [0.15, 0.2) is 0 Å². The van der Waals surface area contributed by atoms with E-state index in [2.05, 4.69) is 15.7 Å². The van der Waals surface area contributed by atoms with Gasteiger partial charge in [0.2, 0.25) is 11.8 Å². The van der Waals surface area contributed by atoms with Crippen molar-refractivity contribution >= 4 is 29.7 Å². The molecule has 0 saturated carbocycles. The molecule has 2 aromatic rings. The maximum Gasteiger partial charge on any atom is 0.290 e. The van der Waals surface area contributed by atoms with Gasteiger partial charge in [0.25, 0.3) is 6.47 Å². The summed E-state index contributed by atoms with van der Waals surface area (Å²) in [5, 5.41) is 16.9. The number of carbonyl (C=O) groups is 3. The van der Waals surface area contributed by atoms with E-state index < -0.39 is 0 Å². The Kier molecular flexibility index (Phi) is 7.32. The second-order valence-corrected chi connectivity index (χ2v) is 6.37. The van der Waals surface area contributed by atoms with Gasteiger partial charge >= 0.3 is 0 Å². The number of carboxylic acid groups (broad SMARTS) is 1. The molecule has 3 N–H and O–H groups in total. The number of carbonyl (C=O) groups excluding carboxylic acids is 2. The maximum atomic E-state index is 12.2. The van der Waals surface area contributed by atoms with Crippen LogP contribution in [0.4, 0.5) is 11.4 Å². The number of nitrogens with zero attached hydrogens (tertiary/aromatic N) is 2. The quantitative estimate of drug-likeness (QED) is 0.643. The van der Waals surface area contributed by atoms with Gasteiger partial charge in [-0.15, -0.1) is 0 Å². The SMILES string of the molecule is COCC(=O)Nc1cc2c(cc1OC)C(c1cn(C)nc1C)CC(=O)N2.O=CO. The lowest BCUT2D eigenvalue weighted by atomic mass is 9.84. The molecule has 0 bridgehead atoms. The molecule has 1 aliphatic rings. The average molecular weight is 404 g/mol. The second kappa shape index (κ2) is 9.69. The first kappa shape index (κ1) is 21.9. The number of ether oxygens (including phenoxy) is 2. The van der Waals surface area contributed by atoms with Crippen molar-refractivity contribution in [3.05, 3.63) is 35.2 Å². The molecule has 10 heteroatoms. The molecule has 0 fully saturated rings. The summed E-state index contributed by atoms with van der Waals surface area (Å²) in [5.41, 5.74) is 3.96. The summed E-state index contributed by atoms with van der Waals surface area (Å²) in [7, 11) is 4.85. The summed E-state index contributed by atoms with van der Waals surface area (Å²) in [6.07, 6.45) is 2.27. The van der Waals surface area contributed by atoms with Crippen LogP contribution >= 0.6 is 0 Å². The predicted octanol–water partition coefficient (Wildman–Crippen LogP) is 1.50. The van der Waals surface area contributed by atoms with E-state index in [9.17, 15) is 9.59 Å². The van der Waals surface area contributed by atoms with Crippen LogP contribution in [0.2, 0.25) is 0 Å². The maximum absolute atomic E-state index is 12.2. The predicted molar refractivity (Wildman–Crippen MR) is 105 cm³/mol. The molecule has 1 aliphatic heterocycles. The van der Waals surface area contributed by atoms with E-state index in [-0.39, 0.29) is 30.8 Å². The van der Waals surface area contributed by atoms with Gasteiger partial charge in [0.05, 0.1) is 18.5 Å². The average Bonchev–Trinajstić information content (AvgIpc) is 2.99. The molecule has 10 nitrogen and oxygen atoms in total. The van der Waals surface area contributed by atoms with Gasteiger partial charge in [-0.2, -0.15) is 5.10 Å². The van der Waals surface area contributed by atoms with Crippen LogP contribution in [-0.2, 0) is 26.2 Å². The highest BCUT2D eigenvalue weighted by Gasteiger charge is 2.30. The number of nitrogens with one attached hydrogen (secondary N) is 2. The summed E-state index contributed by atoms with van der Waals surface area (Å²) in [6, 6.07) is 3.58. The summed E-state index contributed by atoms with van der Waals surface area (Å²) < 4.78 is 12.0. The zero-order valence-electron chi connectivity index (χ0n) is 16.7. The Morgan fingerprint density at radius 3 is 2.66 bits per heavy atom. The van der Waals surface area contributed by atoms with E-state index >= 15 is 0 Å². The standard InChI is InChI=1S/C18H22N4O4.CH2O2/c1-10-13(8-22(2)21-10)11-6-17(23)19-14-7-15(20-18(24)9-25-3)16(26-4)5-12(11)14;2-1-3/h5,7-8,11H,6,9H2,1-4H3,(H,19,23)(H,20,24);1H,(H,2,3). The number of methoxy groups -OCH3 is 2. The second-order valence-electron chi connectivity index (χ2n) is 6.37. The van der Waals surface area contributed by atoms with Crippen molar-refractivity contribution in [2.24, 2.45) is 7.05 Å². The van der Waals surface area contributed by atoms with Gasteiger partial charge in [-0.1, -0.05) is 0 Å². The summed E-state index contributed by atoms with van der Waals surface area (Å²) in [6.45, 7) is 1.61. The van der Waals surface area contributed by atoms with Crippen LogP contribution in [0.25, 0.3) is 0 Å². The zero-order valence-corrected chi connectivity index (χ0v) is 16.7. The third-order valence-corrected chi connectivity index (χ3v) is 4.39. The first-order chi connectivity index (χ1) is 13.8. The van der Waals surface area contributed by atoms with Gasteiger partial charge < -0.3 is 25.2 Å². The third kappa shape index (κ3) is 5.11. The molecule has 0 spiro atoms. The molecule has 29 heavy (non-hydrogen) atoms. The Hall–Kier alpha value is -3.40. The number of hydrogen-bond donors (Lipinski definition) is 3. The molecule has 1 aromatic heterocycles. The Morgan fingerprint density at radius 2 is 2.10 bits per heavy atom. The van der Waals surface area contributed by atoms with E-state index in [4.69, 9.17) is 19.4 Å². The molecular formula is C19H24N4O6. The number of anilines is 2. The number of rotatable bonds is 5. The van der Waals surface area contributed by atoms with Gasteiger partial charge in [0, 0.05) is 43.9 Å². The van der Waals surface area contributed by atoms with Crippen LogP contribution in [0.1, 0.15) is 29.2 Å². The van der Waals surface area contributed by atoms with E-state index in [1.807, 2.05) is 26.2 Å². The fourth-order valence-electron chi connectivity index (χ4n) is 3.31. The van der Waals surface area contributed by atoms with E-state index in [0.717, 1.165) is 16.8 Å². The molecule has 2 amide bonds. The Morgan fingerprint density at radius 1 is 1.41 bits per heavy atom. The number of hydrogen-bond acceptors (Lipinski definition) is 6. The van der Waals surface area contributed by atoms with E-state index in [0.29, 0.717) is 23.5 Å². The molecule has 1 atom stereocenters. The molecule has 1 unspecified atom stereocenters.